The quantitative estimate of drug-likeness (QED) is 0.694. The van der Waals surface area contributed by atoms with Crippen molar-refractivity contribution in [3.63, 3.8) is 0 Å². The lowest BCUT2D eigenvalue weighted by Crippen LogP contribution is -2.59. The molecule has 0 atom stereocenters. The Bertz CT molecular complexity index is 421. The first-order valence-electron chi connectivity index (χ1n) is 5.41. The summed E-state index contributed by atoms with van der Waals surface area (Å²) in [5.74, 6) is 0. The molecule has 1 aromatic heterocycles. The van der Waals surface area contributed by atoms with Crippen molar-refractivity contribution < 1.29 is 0 Å². The molecule has 76 valence electrons. The Morgan fingerprint density at radius 3 is 2.73 bits per heavy atom. The Morgan fingerprint density at radius 2 is 2.13 bits per heavy atom. The van der Waals surface area contributed by atoms with Gasteiger partial charge in [0.15, 0.2) is 0 Å². The summed E-state index contributed by atoms with van der Waals surface area (Å²) < 4.78 is 0. The molecule has 0 unspecified atom stereocenters. The maximum absolute atomic E-state index is 8.79. The van der Waals surface area contributed by atoms with Crippen LogP contribution in [0.5, 0.6) is 0 Å². The molecular formula is C12H13N3. The van der Waals surface area contributed by atoms with Gasteiger partial charge in [0.1, 0.15) is 6.07 Å². The summed E-state index contributed by atoms with van der Waals surface area (Å²) in [6.45, 7) is 2.31. The standard InChI is InChI=1S/C12H13N3/c13-5-10-4-11(7-14-6-10)15-8-12(9-15)2-1-3-12/h4,6-7H,1-3,8-9H2. The van der Waals surface area contributed by atoms with Crippen molar-refractivity contribution in [2.24, 2.45) is 5.41 Å². The fourth-order valence-corrected chi connectivity index (χ4v) is 2.60. The van der Waals surface area contributed by atoms with Gasteiger partial charge in [-0.1, -0.05) is 6.42 Å². The minimum Gasteiger partial charge on any atom is -0.369 e. The Morgan fingerprint density at radius 1 is 1.33 bits per heavy atom. The van der Waals surface area contributed by atoms with Gasteiger partial charge in [0.2, 0.25) is 0 Å². The predicted molar refractivity (Wildman–Crippen MR) is 57.4 cm³/mol. The van der Waals surface area contributed by atoms with E-state index in [0.717, 1.165) is 18.8 Å². The van der Waals surface area contributed by atoms with Crippen molar-refractivity contribution in [2.45, 2.75) is 19.3 Å². The normalized spacial score (nSPS) is 21.7. The first kappa shape index (κ1) is 8.72. The van der Waals surface area contributed by atoms with E-state index in [-0.39, 0.29) is 0 Å². The van der Waals surface area contributed by atoms with Gasteiger partial charge < -0.3 is 4.90 Å². The molecule has 15 heavy (non-hydrogen) atoms. The Kier molecular flexibility index (Phi) is 1.72. The maximum Gasteiger partial charge on any atom is 0.101 e. The summed E-state index contributed by atoms with van der Waals surface area (Å²) in [5, 5.41) is 8.79. The fourth-order valence-electron chi connectivity index (χ4n) is 2.60. The molecule has 0 radical (unpaired) electrons. The van der Waals surface area contributed by atoms with Crippen molar-refractivity contribution >= 4 is 5.69 Å². The van der Waals surface area contributed by atoms with E-state index in [4.69, 9.17) is 5.26 Å². The number of pyridine rings is 1. The molecule has 0 bridgehead atoms. The van der Waals surface area contributed by atoms with Gasteiger partial charge in [-0.2, -0.15) is 5.26 Å². The highest BCUT2D eigenvalue weighted by Crippen LogP contribution is 2.49. The molecule has 1 saturated heterocycles. The van der Waals surface area contributed by atoms with Crippen LogP contribution in [-0.2, 0) is 0 Å². The number of nitrogens with zero attached hydrogens (tertiary/aromatic N) is 3. The number of hydrogen-bond acceptors (Lipinski definition) is 3. The first-order chi connectivity index (χ1) is 7.31. The molecule has 0 amide bonds. The van der Waals surface area contributed by atoms with Gasteiger partial charge in [-0.25, -0.2) is 0 Å². The van der Waals surface area contributed by atoms with E-state index in [2.05, 4.69) is 16.0 Å². The molecule has 1 aromatic rings. The molecule has 2 aliphatic rings. The molecule has 3 rings (SSSR count). The minimum atomic E-state index is 0.628. The van der Waals surface area contributed by atoms with Gasteiger partial charge in [0, 0.05) is 24.7 Å². The monoisotopic (exact) mass is 199 g/mol. The van der Waals surface area contributed by atoms with Gasteiger partial charge in [-0.15, -0.1) is 0 Å². The summed E-state index contributed by atoms with van der Waals surface area (Å²) in [6, 6.07) is 4.06. The third kappa shape index (κ3) is 1.29. The van der Waals surface area contributed by atoms with Crippen molar-refractivity contribution in [3.05, 3.63) is 24.0 Å². The molecule has 3 heteroatoms. The number of nitriles is 1. The topological polar surface area (TPSA) is 39.9 Å². The summed E-state index contributed by atoms with van der Waals surface area (Å²) in [7, 11) is 0. The zero-order valence-electron chi connectivity index (χ0n) is 8.61. The van der Waals surface area contributed by atoms with Gasteiger partial charge in [0.05, 0.1) is 17.4 Å². The van der Waals surface area contributed by atoms with Gasteiger partial charge in [-0.3, -0.25) is 4.98 Å². The van der Waals surface area contributed by atoms with E-state index in [1.54, 1.807) is 6.20 Å². The zero-order valence-corrected chi connectivity index (χ0v) is 8.61. The van der Waals surface area contributed by atoms with Gasteiger partial charge >= 0.3 is 0 Å². The second kappa shape index (κ2) is 2.96. The maximum atomic E-state index is 8.79. The molecule has 1 aliphatic carbocycles. The van der Waals surface area contributed by atoms with Crippen LogP contribution in [0.4, 0.5) is 5.69 Å². The van der Waals surface area contributed by atoms with Gasteiger partial charge in [0.25, 0.3) is 0 Å². The molecule has 0 aromatic carbocycles. The molecule has 3 nitrogen and oxygen atoms in total. The summed E-state index contributed by atoms with van der Waals surface area (Å²) >= 11 is 0. The molecule has 1 spiro atoms. The summed E-state index contributed by atoms with van der Waals surface area (Å²) in [4.78, 5) is 6.41. The van der Waals surface area contributed by atoms with Gasteiger partial charge in [-0.05, 0) is 18.9 Å². The summed E-state index contributed by atoms with van der Waals surface area (Å²) in [6.07, 6.45) is 7.63. The van der Waals surface area contributed by atoms with Crippen molar-refractivity contribution in [2.75, 3.05) is 18.0 Å². The Labute approximate surface area is 89.3 Å². The third-order valence-corrected chi connectivity index (χ3v) is 3.68. The van der Waals surface area contributed by atoms with Crippen LogP contribution in [0.3, 0.4) is 0 Å². The average molecular weight is 199 g/mol. The van der Waals surface area contributed by atoms with Crippen molar-refractivity contribution in [1.29, 1.82) is 5.26 Å². The molecular weight excluding hydrogens is 186 g/mol. The highest BCUT2D eigenvalue weighted by molar-refractivity contribution is 5.52. The largest absolute Gasteiger partial charge is 0.369 e. The average Bonchev–Trinajstić information content (AvgIpc) is 2.14. The first-order valence-corrected chi connectivity index (χ1v) is 5.41. The van der Waals surface area contributed by atoms with Crippen LogP contribution in [0.2, 0.25) is 0 Å². The van der Waals surface area contributed by atoms with Crippen LogP contribution in [0.15, 0.2) is 18.5 Å². The SMILES string of the molecule is N#Cc1cncc(N2CC3(CCC3)C2)c1. The van der Waals surface area contributed by atoms with Crippen LogP contribution in [0.25, 0.3) is 0 Å². The number of rotatable bonds is 1. The smallest absolute Gasteiger partial charge is 0.101 e. The van der Waals surface area contributed by atoms with Crippen molar-refractivity contribution in [1.82, 2.24) is 4.98 Å². The van der Waals surface area contributed by atoms with Crippen LogP contribution in [0.1, 0.15) is 24.8 Å². The highest BCUT2D eigenvalue weighted by Gasteiger charge is 2.47. The molecule has 2 fully saturated rings. The zero-order chi connectivity index (χ0) is 10.3. The lowest BCUT2D eigenvalue weighted by molar-refractivity contribution is 0.0903. The fraction of sp³-hybridized carbons (Fsp3) is 0.500. The molecule has 1 aliphatic heterocycles. The second-order valence-electron chi connectivity index (χ2n) is 4.75. The lowest BCUT2D eigenvalue weighted by atomic mass is 9.63. The van der Waals surface area contributed by atoms with Crippen LogP contribution in [0, 0.1) is 16.7 Å². The summed E-state index contributed by atoms with van der Waals surface area (Å²) in [5.41, 5.74) is 2.39. The second-order valence-corrected chi connectivity index (χ2v) is 4.75. The molecule has 2 heterocycles. The number of hydrogen-bond donors (Lipinski definition) is 0. The highest BCUT2D eigenvalue weighted by atomic mass is 15.2. The van der Waals surface area contributed by atoms with E-state index in [1.807, 2.05) is 12.3 Å². The Balaban J connectivity index is 1.75. The van der Waals surface area contributed by atoms with E-state index in [1.165, 1.54) is 19.3 Å². The molecule has 1 saturated carbocycles. The number of aromatic nitrogens is 1. The molecule has 0 N–H and O–H groups in total. The Hall–Kier alpha value is -1.56. The predicted octanol–water partition coefficient (Wildman–Crippen LogP) is 1.94. The van der Waals surface area contributed by atoms with Crippen LogP contribution < -0.4 is 4.90 Å². The minimum absolute atomic E-state index is 0.628. The number of anilines is 1. The van der Waals surface area contributed by atoms with E-state index in [0.29, 0.717) is 11.0 Å². The van der Waals surface area contributed by atoms with E-state index < -0.39 is 0 Å². The van der Waals surface area contributed by atoms with Crippen molar-refractivity contribution in [3.8, 4) is 6.07 Å². The van der Waals surface area contributed by atoms with Crippen LogP contribution in [-0.4, -0.2) is 18.1 Å². The lowest BCUT2D eigenvalue weighted by Gasteiger charge is -2.56. The third-order valence-electron chi connectivity index (χ3n) is 3.68. The van der Waals surface area contributed by atoms with E-state index in [9.17, 15) is 0 Å². The van der Waals surface area contributed by atoms with E-state index >= 15 is 0 Å². The van der Waals surface area contributed by atoms with Crippen LogP contribution >= 0.6 is 0 Å².